The average molecular weight is 419 g/mol. The maximum absolute atomic E-state index is 11.5. The van der Waals surface area contributed by atoms with E-state index in [0.29, 0.717) is 19.4 Å². The second kappa shape index (κ2) is 9.14. The summed E-state index contributed by atoms with van der Waals surface area (Å²) in [6.45, 7) is 2.45. The van der Waals surface area contributed by atoms with E-state index < -0.39 is 12.0 Å². The van der Waals surface area contributed by atoms with Gasteiger partial charge in [-0.05, 0) is 48.9 Å². The lowest BCUT2D eigenvalue weighted by Crippen LogP contribution is -2.35. The molecule has 1 aliphatic heterocycles. The Kier molecular flexibility index (Phi) is 6.13. The van der Waals surface area contributed by atoms with E-state index in [1.54, 1.807) is 0 Å². The van der Waals surface area contributed by atoms with Gasteiger partial charge in [-0.15, -0.1) is 0 Å². The Hall–Kier alpha value is -3.45. The summed E-state index contributed by atoms with van der Waals surface area (Å²) in [5.41, 5.74) is 10.6. The largest absolute Gasteiger partial charge is 0.489 e. The van der Waals surface area contributed by atoms with Crippen molar-refractivity contribution in [2.45, 2.75) is 38.5 Å². The van der Waals surface area contributed by atoms with Crippen LogP contribution in [0.1, 0.15) is 29.7 Å². The van der Waals surface area contributed by atoms with Crippen LogP contribution in [0, 0.1) is 6.92 Å². The van der Waals surface area contributed by atoms with Gasteiger partial charge in [-0.1, -0.05) is 23.4 Å². The van der Waals surface area contributed by atoms with Gasteiger partial charge in [0.1, 0.15) is 24.5 Å². The average Bonchev–Trinajstić information content (AvgIpc) is 3.25. The molecule has 3 aromatic rings. The number of aryl methyl sites for hydroxylation is 1. The van der Waals surface area contributed by atoms with Gasteiger partial charge in [0.25, 0.3) is 0 Å². The van der Waals surface area contributed by atoms with Crippen LogP contribution in [0.15, 0.2) is 59.8 Å². The maximum Gasteiger partial charge on any atom is 0.322 e. The number of carbonyl (C=O) groups is 1. The van der Waals surface area contributed by atoms with Crippen molar-refractivity contribution in [1.29, 1.82) is 0 Å². The summed E-state index contributed by atoms with van der Waals surface area (Å²) in [5.74, 6) is 0.321. The summed E-state index contributed by atoms with van der Waals surface area (Å²) in [6.07, 6.45) is 0.719. The Labute approximate surface area is 180 Å². The summed E-state index contributed by atoms with van der Waals surface area (Å²) in [5, 5.41) is 5.25. The van der Waals surface area contributed by atoms with Crippen molar-refractivity contribution >= 4 is 22.6 Å². The van der Waals surface area contributed by atoms with Crippen molar-refractivity contribution in [2.75, 3.05) is 7.11 Å². The molecule has 2 heterocycles. The van der Waals surface area contributed by atoms with Gasteiger partial charge in [-0.3, -0.25) is 9.78 Å². The number of para-hydroxylation sites is 1. The first-order valence-electron chi connectivity index (χ1n) is 10.2. The zero-order valence-electron chi connectivity index (χ0n) is 17.6. The molecule has 1 aromatic heterocycles. The van der Waals surface area contributed by atoms with Crippen LogP contribution in [0.5, 0.6) is 5.75 Å². The second-order valence-electron chi connectivity index (χ2n) is 7.59. The fraction of sp³-hybridized carbons (Fsp3) is 0.292. The third-order valence-electron chi connectivity index (χ3n) is 5.27. The monoisotopic (exact) mass is 419 g/mol. The quantitative estimate of drug-likeness (QED) is 0.589. The molecule has 31 heavy (non-hydrogen) atoms. The number of hydrogen-bond donors (Lipinski definition) is 1. The van der Waals surface area contributed by atoms with E-state index in [-0.39, 0.29) is 6.10 Å². The van der Waals surface area contributed by atoms with Gasteiger partial charge in [0.15, 0.2) is 0 Å². The fourth-order valence-corrected chi connectivity index (χ4v) is 3.67. The highest BCUT2D eigenvalue weighted by molar-refractivity contribution is 6.01. The number of nitrogens with zero attached hydrogens (tertiary/aromatic N) is 2. The van der Waals surface area contributed by atoms with E-state index >= 15 is 0 Å². The first-order chi connectivity index (χ1) is 15.0. The minimum absolute atomic E-state index is 0.233. The molecule has 0 spiro atoms. The molecule has 2 aromatic carbocycles. The van der Waals surface area contributed by atoms with Crippen LogP contribution >= 0.6 is 0 Å². The molecular formula is C24H25N3O4. The van der Waals surface area contributed by atoms with E-state index in [1.165, 1.54) is 7.11 Å². The van der Waals surface area contributed by atoms with Crippen LogP contribution in [0.3, 0.4) is 0 Å². The SMILES string of the molecule is COC(=O)C(N)CC1CC(c2ccc(OCc3cc(C)nc4ccccc34)cc2)=NO1. The zero-order valence-corrected chi connectivity index (χ0v) is 17.6. The lowest BCUT2D eigenvalue weighted by atomic mass is 10.0. The Morgan fingerprint density at radius 3 is 2.77 bits per heavy atom. The molecule has 0 saturated carbocycles. The Bertz CT molecular complexity index is 1110. The molecule has 7 nitrogen and oxygen atoms in total. The lowest BCUT2D eigenvalue weighted by molar-refractivity contribution is -0.143. The van der Waals surface area contributed by atoms with E-state index in [2.05, 4.69) is 27.0 Å². The summed E-state index contributed by atoms with van der Waals surface area (Å²) in [4.78, 5) is 21.5. The number of nitrogens with two attached hydrogens (primary N) is 1. The number of rotatable bonds is 7. The second-order valence-corrected chi connectivity index (χ2v) is 7.59. The highest BCUT2D eigenvalue weighted by Gasteiger charge is 2.27. The number of carbonyl (C=O) groups excluding carboxylic acids is 1. The van der Waals surface area contributed by atoms with Crippen molar-refractivity contribution in [3.8, 4) is 5.75 Å². The van der Waals surface area contributed by atoms with E-state index in [1.807, 2.05) is 49.4 Å². The van der Waals surface area contributed by atoms with Gasteiger partial charge in [-0.2, -0.15) is 0 Å². The van der Waals surface area contributed by atoms with Crippen molar-refractivity contribution in [2.24, 2.45) is 10.9 Å². The molecule has 2 atom stereocenters. The summed E-state index contributed by atoms with van der Waals surface area (Å²) in [6, 6.07) is 17.2. The number of methoxy groups -OCH3 is 1. The molecule has 0 saturated heterocycles. The van der Waals surface area contributed by atoms with Crippen LogP contribution in [0.4, 0.5) is 0 Å². The topological polar surface area (TPSA) is 96.0 Å². The summed E-state index contributed by atoms with van der Waals surface area (Å²) >= 11 is 0. The predicted octanol–water partition coefficient (Wildman–Crippen LogP) is 3.51. The molecule has 0 fully saturated rings. The normalized spacial score (nSPS) is 16.5. The van der Waals surface area contributed by atoms with Crippen LogP contribution < -0.4 is 10.5 Å². The molecule has 0 aliphatic carbocycles. The summed E-state index contributed by atoms with van der Waals surface area (Å²) in [7, 11) is 1.32. The van der Waals surface area contributed by atoms with Crippen LogP contribution in [0.25, 0.3) is 10.9 Å². The first-order valence-corrected chi connectivity index (χ1v) is 10.2. The molecule has 160 valence electrons. The van der Waals surface area contributed by atoms with Crippen LogP contribution in [-0.4, -0.2) is 35.9 Å². The molecule has 0 bridgehead atoms. The van der Waals surface area contributed by atoms with Gasteiger partial charge < -0.3 is 20.0 Å². The highest BCUT2D eigenvalue weighted by atomic mass is 16.6. The molecular weight excluding hydrogens is 394 g/mol. The molecule has 0 radical (unpaired) electrons. The molecule has 0 amide bonds. The van der Waals surface area contributed by atoms with E-state index in [4.69, 9.17) is 15.3 Å². The van der Waals surface area contributed by atoms with Crippen molar-refractivity contribution < 1.29 is 19.1 Å². The molecule has 1 aliphatic rings. The van der Waals surface area contributed by atoms with E-state index in [0.717, 1.165) is 39.2 Å². The molecule has 4 rings (SSSR count). The molecule has 2 N–H and O–H groups in total. The number of benzene rings is 2. The van der Waals surface area contributed by atoms with E-state index in [9.17, 15) is 4.79 Å². The smallest absolute Gasteiger partial charge is 0.322 e. The van der Waals surface area contributed by atoms with Crippen molar-refractivity contribution in [1.82, 2.24) is 4.98 Å². The lowest BCUT2D eigenvalue weighted by Gasteiger charge is -2.13. The van der Waals surface area contributed by atoms with Gasteiger partial charge in [0.2, 0.25) is 0 Å². The van der Waals surface area contributed by atoms with Gasteiger partial charge in [0.05, 0.1) is 18.3 Å². The number of aromatic nitrogens is 1. The fourth-order valence-electron chi connectivity index (χ4n) is 3.67. The number of pyridine rings is 1. The number of ether oxygens (including phenoxy) is 2. The Morgan fingerprint density at radius 1 is 1.23 bits per heavy atom. The minimum atomic E-state index is -0.715. The predicted molar refractivity (Wildman–Crippen MR) is 118 cm³/mol. The summed E-state index contributed by atoms with van der Waals surface area (Å²) < 4.78 is 10.7. The van der Waals surface area contributed by atoms with Gasteiger partial charge >= 0.3 is 5.97 Å². The third-order valence-corrected chi connectivity index (χ3v) is 5.27. The van der Waals surface area contributed by atoms with Crippen LogP contribution in [-0.2, 0) is 21.0 Å². The Balaban J connectivity index is 1.37. The van der Waals surface area contributed by atoms with Crippen LogP contribution in [0.2, 0.25) is 0 Å². The molecule has 7 heteroatoms. The van der Waals surface area contributed by atoms with Crippen molar-refractivity contribution in [3.05, 3.63) is 71.4 Å². The number of oxime groups is 1. The third kappa shape index (κ3) is 4.83. The van der Waals surface area contributed by atoms with Gasteiger partial charge in [0, 0.05) is 29.5 Å². The molecule has 2 unspecified atom stereocenters. The maximum atomic E-state index is 11.5. The standard InChI is InChI=1S/C24H25N3O4/c1-15-11-17(20-5-3-4-6-22(20)26-15)14-30-18-9-7-16(8-10-18)23-13-19(31-27-23)12-21(25)24(28)29-2/h3-11,19,21H,12-14,25H2,1-2H3. The first kappa shape index (κ1) is 20.8. The van der Waals surface area contributed by atoms with Crippen molar-refractivity contribution in [3.63, 3.8) is 0 Å². The number of esters is 1. The van der Waals surface area contributed by atoms with Gasteiger partial charge in [-0.25, -0.2) is 0 Å². The highest BCUT2D eigenvalue weighted by Crippen LogP contribution is 2.24. The number of fused-ring (bicyclic) bond motifs is 1. The number of hydrogen-bond acceptors (Lipinski definition) is 7. The Morgan fingerprint density at radius 2 is 2.00 bits per heavy atom. The zero-order chi connectivity index (χ0) is 21.8. The minimum Gasteiger partial charge on any atom is -0.489 e.